The second-order valence-electron chi connectivity index (χ2n) is 4.99. The summed E-state index contributed by atoms with van der Waals surface area (Å²) in [6.45, 7) is 3.32. The van der Waals surface area contributed by atoms with E-state index in [4.69, 9.17) is 0 Å². The number of hydrogen-bond donors (Lipinski definition) is 0. The largest absolute Gasteiger partial charge is 0.313 e. The van der Waals surface area contributed by atoms with E-state index >= 15 is 0 Å². The van der Waals surface area contributed by atoms with Gasteiger partial charge < -0.3 is 9.80 Å². The van der Waals surface area contributed by atoms with E-state index in [9.17, 15) is 9.59 Å². The molecule has 0 fully saturated rings. The molecule has 0 aromatic heterocycles. The summed E-state index contributed by atoms with van der Waals surface area (Å²) in [5, 5.41) is 0. The van der Waals surface area contributed by atoms with E-state index in [0.29, 0.717) is 0 Å². The van der Waals surface area contributed by atoms with Crippen molar-refractivity contribution >= 4 is 39.1 Å². The summed E-state index contributed by atoms with van der Waals surface area (Å²) in [7, 11) is 3.39. The standard InChI is InChI=1S/C13H15BrN2O2/c1-13(2)11(17)15(3)9-6-5-8(14)7-10(9)16(4)12(13)18/h5-7H,1-4H3. The van der Waals surface area contributed by atoms with Gasteiger partial charge in [-0.2, -0.15) is 0 Å². The average molecular weight is 311 g/mol. The van der Waals surface area contributed by atoms with Crippen molar-refractivity contribution in [1.82, 2.24) is 0 Å². The Morgan fingerprint density at radius 3 is 2.06 bits per heavy atom. The number of hydrogen-bond acceptors (Lipinski definition) is 2. The summed E-state index contributed by atoms with van der Waals surface area (Å²) in [5.74, 6) is -0.392. The molecule has 0 unspecified atom stereocenters. The van der Waals surface area contributed by atoms with Crippen LogP contribution in [0.3, 0.4) is 0 Å². The third kappa shape index (κ3) is 1.73. The fourth-order valence-corrected chi connectivity index (χ4v) is 2.55. The third-order valence-corrected chi connectivity index (χ3v) is 3.83. The summed E-state index contributed by atoms with van der Waals surface area (Å²) in [6, 6.07) is 5.54. The molecule has 4 nitrogen and oxygen atoms in total. The smallest absolute Gasteiger partial charge is 0.241 e. The van der Waals surface area contributed by atoms with Gasteiger partial charge in [-0.25, -0.2) is 0 Å². The number of rotatable bonds is 0. The van der Waals surface area contributed by atoms with Crippen molar-refractivity contribution in [1.29, 1.82) is 0 Å². The molecule has 0 radical (unpaired) electrons. The number of amides is 2. The van der Waals surface area contributed by atoms with Crippen LogP contribution in [0, 0.1) is 5.41 Å². The second kappa shape index (κ2) is 4.09. The molecule has 0 saturated carbocycles. The van der Waals surface area contributed by atoms with Crippen molar-refractivity contribution < 1.29 is 9.59 Å². The first kappa shape index (κ1) is 13.1. The van der Waals surface area contributed by atoms with Crippen molar-refractivity contribution in [3.63, 3.8) is 0 Å². The highest BCUT2D eigenvalue weighted by molar-refractivity contribution is 9.10. The van der Waals surface area contributed by atoms with Crippen LogP contribution in [0.2, 0.25) is 0 Å². The maximum atomic E-state index is 12.4. The molecule has 0 bridgehead atoms. The molecule has 0 spiro atoms. The van der Waals surface area contributed by atoms with Gasteiger partial charge in [0.1, 0.15) is 5.41 Å². The predicted molar refractivity (Wildman–Crippen MR) is 74.7 cm³/mol. The summed E-state index contributed by atoms with van der Waals surface area (Å²) < 4.78 is 0.876. The lowest BCUT2D eigenvalue weighted by molar-refractivity contribution is -0.137. The monoisotopic (exact) mass is 310 g/mol. The Hall–Kier alpha value is -1.36. The zero-order valence-electron chi connectivity index (χ0n) is 10.8. The number of halogens is 1. The van der Waals surface area contributed by atoms with Gasteiger partial charge >= 0.3 is 0 Å². The van der Waals surface area contributed by atoms with Gasteiger partial charge in [0, 0.05) is 18.6 Å². The zero-order chi connectivity index (χ0) is 13.7. The molecule has 0 atom stereocenters. The Morgan fingerprint density at radius 2 is 1.50 bits per heavy atom. The Balaban J connectivity index is 2.70. The molecule has 1 aliphatic heterocycles. The second-order valence-corrected chi connectivity index (χ2v) is 5.90. The van der Waals surface area contributed by atoms with Gasteiger partial charge in [0.25, 0.3) is 0 Å². The number of fused-ring (bicyclic) bond motifs is 1. The molecule has 1 aromatic carbocycles. The highest BCUT2D eigenvalue weighted by atomic mass is 79.9. The number of nitrogens with zero attached hydrogens (tertiary/aromatic N) is 2. The molecular weight excluding hydrogens is 296 g/mol. The fourth-order valence-electron chi connectivity index (χ4n) is 2.20. The highest BCUT2D eigenvalue weighted by Crippen LogP contribution is 2.38. The van der Waals surface area contributed by atoms with E-state index in [2.05, 4.69) is 15.9 Å². The summed E-state index contributed by atoms with van der Waals surface area (Å²) in [5.41, 5.74) is 0.426. The summed E-state index contributed by atoms with van der Waals surface area (Å²) >= 11 is 3.39. The first-order valence-electron chi connectivity index (χ1n) is 5.62. The van der Waals surface area contributed by atoms with E-state index in [1.165, 1.54) is 0 Å². The van der Waals surface area contributed by atoms with Crippen LogP contribution in [0.15, 0.2) is 22.7 Å². The van der Waals surface area contributed by atoms with Crippen LogP contribution in [0.4, 0.5) is 11.4 Å². The van der Waals surface area contributed by atoms with E-state index < -0.39 is 5.41 Å². The molecule has 2 rings (SSSR count). The van der Waals surface area contributed by atoms with Gasteiger partial charge in [-0.3, -0.25) is 9.59 Å². The van der Waals surface area contributed by atoms with E-state index in [0.717, 1.165) is 15.8 Å². The van der Waals surface area contributed by atoms with Crippen LogP contribution in [-0.2, 0) is 9.59 Å². The lowest BCUT2D eigenvalue weighted by Crippen LogP contribution is -2.46. The maximum absolute atomic E-state index is 12.4. The molecule has 1 heterocycles. The van der Waals surface area contributed by atoms with Crippen LogP contribution in [0.25, 0.3) is 0 Å². The molecule has 1 aliphatic rings. The third-order valence-electron chi connectivity index (χ3n) is 3.34. The molecule has 0 aliphatic carbocycles. The van der Waals surface area contributed by atoms with Gasteiger partial charge in [-0.15, -0.1) is 0 Å². The first-order chi connectivity index (χ1) is 8.26. The summed E-state index contributed by atoms with van der Waals surface area (Å²) in [6.07, 6.45) is 0. The number of anilines is 2. The minimum absolute atomic E-state index is 0.194. The van der Waals surface area contributed by atoms with Gasteiger partial charge in [0.05, 0.1) is 11.4 Å². The minimum atomic E-state index is -1.05. The van der Waals surface area contributed by atoms with E-state index in [1.807, 2.05) is 18.2 Å². The molecular formula is C13H15BrN2O2. The molecule has 5 heteroatoms. The molecule has 0 saturated heterocycles. The number of carbonyl (C=O) groups is 2. The molecule has 1 aromatic rings. The topological polar surface area (TPSA) is 40.6 Å². The lowest BCUT2D eigenvalue weighted by atomic mass is 9.90. The van der Waals surface area contributed by atoms with E-state index in [-0.39, 0.29) is 11.8 Å². The van der Waals surface area contributed by atoms with Crippen molar-refractivity contribution in [2.75, 3.05) is 23.9 Å². The van der Waals surface area contributed by atoms with Gasteiger partial charge in [0.2, 0.25) is 11.8 Å². The first-order valence-corrected chi connectivity index (χ1v) is 6.42. The Kier molecular flexibility index (Phi) is 2.97. The molecule has 0 N–H and O–H groups in total. The van der Waals surface area contributed by atoms with Gasteiger partial charge in [-0.05, 0) is 32.0 Å². The van der Waals surface area contributed by atoms with Crippen LogP contribution in [-0.4, -0.2) is 25.9 Å². The van der Waals surface area contributed by atoms with Crippen molar-refractivity contribution in [3.8, 4) is 0 Å². The Labute approximate surface area is 115 Å². The normalized spacial score (nSPS) is 18.7. The van der Waals surface area contributed by atoms with Crippen LogP contribution in [0.1, 0.15) is 13.8 Å². The van der Waals surface area contributed by atoms with Crippen molar-refractivity contribution in [3.05, 3.63) is 22.7 Å². The Bertz CT molecular complexity index is 540. The minimum Gasteiger partial charge on any atom is -0.313 e. The van der Waals surface area contributed by atoms with Crippen LogP contribution >= 0.6 is 15.9 Å². The van der Waals surface area contributed by atoms with Gasteiger partial charge in [0.15, 0.2) is 0 Å². The quantitative estimate of drug-likeness (QED) is 0.690. The van der Waals surface area contributed by atoms with Crippen LogP contribution in [0.5, 0.6) is 0 Å². The van der Waals surface area contributed by atoms with Gasteiger partial charge in [-0.1, -0.05) is 15.9 Å². The highest BCUT2D eigenvalue weighted by Gasteiger charge is 2.44. The lowest BCUT2D eigenvalue weighted by Gasteiger charge is -2.25. The maximum Gasteiger partial charge on any atom is 0.241 e. The Morgan fingerprint density at radius 1 is 1.00 bits per heavy atom. The molecule has 2 amide bonds. The fraction of sp³-hybridized carbons (Fsp3) is 0.385. The molecule has 96 valence electrons. The average Bonchev–Trinajstić information content (AvgIpc) is 2.37. The zero-order valence-corrected chi connectivity index (χ0v) is 12.4. The number of carbonyl (C=O) groups excluding carboxylic acids is 2. The van der Waals surface area contributed by atoms with Crippen LogP contribution < -0.4 is 9.80 Å². The summed E-state index contributed by atoms with van der Waals surface area (Å²) in [4.78, 5) is 27.8. The van der Waals surface area contributed by atoms with Crippen molar-refractivity contribution in [2.45, 2.75) is 13.8 Å². The van der Waals surface area contributed by atoms with Crippen molar-refractivity contribution in [2.24, 2.45) is 5.41 Å². The SMILES string of the molecule is CN1C(=O)C(C)(C)C(=O)N(C)c2cc(Br)ccc21. The van der Waals surface area contributed by atoms with E-state index in [1.54, 1.807) is 37.7 Å². The number of benzene rings is 1. The molecule has 18 heavy (non-hydrogen) atoms. The predicted octanol–water partition coefficient (Wildman–Crippen LogP) is 2.41.